The van der Waals surface area contributed by atoms with Gasteiger partial charge in [0.05, 0.1) is 0 Å². The van der Waals surface area contributed by atoms with Crippen LogP contribution in [-0.4, -0.2) is 60.8 Å². The van der Waals surface area contributed by atoms with Crippen molar-refractivity contribution in [3.63, 3.8) is 0 Å². The second-order valence-corrected chi connectivity index (χ2v) is 0. The Balaban J connectivity index is 0. The van der Waals surface area contributed by atoms with Crippen molar-refractivity contribution in [3.8, 4) is 0 Å². The Hall–Kier alpha value is 3.80. The molecule has 1 unspecified atom stereocenters. The minimum Gasteiger partial charge on any atom is -1.00 e. The van der Waals surface area contributed by atoms with Crippen molar-refractivity contribution in [2.75, 3.05) is 0 Å². The van der Waals surface area contributed by atoms with Crippen LogP contribution in [0.15, 0.2) is 0 Å². The molecule has 0 aliphatic rings. The molecule has 0 amide bonds. The molecule has 7 heteroatoms. The standard InChI is InChI=1S/Ca.Fe.Mg.Mn.H3N.H3P.H2S.4H/h;;;;2*1H3;1H2;;;;/q+2;;+2;;;;;4*-1. The van der Waals surface area contributed by atoms with Gasteiger partial charge in [0.25, 0.3) is 0 Å². The Bertz CT molecular complexity index is 30.1. The molecule has 0 saturated carbocycles. The Morgan fingerprint density at radius 2 is 1.14 bits per heavy atom. The van der Waals surface area contributed by atoms with Crippen LogP contribution in [0.4, 0.5) is 0 Å². The Kier molecular flexibility index (Phi) is 538. The third kappa shape index (κ3) is 41.3. The van der Waals surface area contributed by atoms with Gasteiger partial charge in [-0.25, -0.2) is 0 Å². The van der Waals surface area contributed by atoms with E-state index in [2.05, 4.69) is 0 Å². The third-order valence-corrected chi connectivity index (χ3v) is 0. The molecule has 0 heterocycles. The van der Waals surface area contributed by atoms with Crippen LogP contribution in [0.2, 0.25) is 0 Å². The first kappa shape index (κ1) is 71.7. The van der Waals surface area contributed by atoms with Gasteiger partial charge >= 0.3 is 60.8 Å². The van der Waals surface area contributed by atoms with Crippen LogP contribution in [0.1, 0.15) is 5.71 Å². The van der Waals surface area contributed by atoms with E-state index in [1.807, 2.05) is 0 Å². The predicted molar refractivity (Wildman–Crippen MR) is 42.5 cm³/mol. The van der Waals surface area contributed by atoms with E-state index in [-0.39, 0.29) is 130 Å². The molecule has 0 aliphatic carbocycles. The zero-order valence-electron chi connectivity index (χ0n) is 8.06. The van der Waals surface area contributed by atoms with Crippen LogP contribution in [0.5, 0.6) is 0 Å². The van der Waals surface area contributed by atoms with Crippen molar-refractivity contribution in [1.82, 2.24) is 6.15 Å². The Morgan fingerprint density at radius 3 is 1.14 bits per heavy atom. The molecule has 0 saturated heterocycles. The maximum atomic E-state index is 0. The van der Waals surface area contributed by atoms with Gasteiger partial charge in [0.15, 0.2) is 0 Å². The molecule has 0 aromatic heterocycles. The molecule has 3 N–H and O–H groups in total. The molecule has 47 valence electrons. The molecule has 0 fully saturated rings. The molecular weight excluding hydrogens is 252 g/mol. The van der Waals surface area contributed by atoms with Crippen LogP contribution in [0.25, 0.3) is 0 Å². The Morgan fingerprint density at radius 1 is 1.14 bits per heavy atom. The average Bonchev–Trinajstić information content (AvgIpc) is 0. The quantitative estimate of drug-likeness (QED) is 0.486. The first-order valence-corrected chi connectivity index (χ1v) is 0. The number of hydrogen-bond donors (Lipinski definition) is 1. The molecule has 0 rings (SSSR count). The van der Waals surface area contributed by atoms with Crippen LogP contribution in [0.3, 0.4) is 0 Å². The van der Waals surface area contributed by atoms with E-state index >= 15 is 0 Å². The molecule has 0 aliphatic heterocycles. The van der Waals surface area contributed by atoms with Gasteiger partial charge in [-0.2, -0.15) is 23.4 Å². The number of hydrogen-bond acceptors (Lipinski definition) is 1. The molecule has 0 bridgehead atoms. The SMILES string of the molecule is N.P.S.[Ca+2].[Fe].[H-].[H-].[H-].[H-].[Mg+2].[Mn]. The molecule has 7 heavy (non-hydrogen) atoms. The van der Waals surface area contributed by atoms with Gasteiger partial charge in [-0.3, -0.25) is 0 Å². The van der Waals surface area contributed by atoms with Crippen LogP contribution >= 0.6 is 23.4 Å². The monoisotopic (exact) mass is 264 g/mol. The zero-order valence-corrected chi connectivity index (χ0v) is 12.4. The first-order chi connectivity index (χ1) is 0. The van der Waals surface area contributed by atoms with Gasteiger partial charge in [-0.1, -0.05) is 0 Å². The first-order valence-electron chi connectivity index (χ1n) is 0. The molecule has 0 aromatic rings. The van der Waals surface area contributed by atoms with Gasteiger partial charge in [0, 0.05) is 34.1 Å². The fourth-order valence-electron chi connectivity index (χ4n) is 0. The summed E-state index contributed by atoms with van der Waals surface area (Å²) in [6, 6.07) is 0. The van der Waals surface area contributed by atoms with E-state index in [9.17, 15) is 0 Å². The van der Waals surface area contributed by atoms with Gasteiger partial charge in [-0.05, 0) is 0 Å². The summed E-state index contributed by atoms with van der Waals surface area (Å²) >= 11 is 0. The molecule has 0 aromatic carbocycles. The molecule has 1 radical (unpaired) electrons. The largest absolute Gasteiger partial charge is 2.00 e. The molecular formula is H12CaFeMgMnNPS. The van der Waals surface area contributed by atoms with Crippen molar-refractivity contribution in [2.24, 2.45) is 0 Å². The van der Waals surface area contributed by atoms with Gasteiger partial charge in [0.2, 0.25) is 0 Å². The van der Waals surface area contributed by atoms with Crippen LogP contribution < -0.4 is 6.15 Å². The summed E-state index contributed by atoms with van der Waals surface area (Å²) in [6.45, 7) is 0. The van der Waals surface area contributed by atoms with Gasteiger partial charge in [-0.15, -0.1) is 0 Å². The second kappa shape index (κ2) is 52.5. The predicted octanol–water partition coefficient (Wildman–Crippen LogP) is 0.0163. The topological polar surface area (TPSA) is 35.0 Å². The fraction of sp³-hybridized carbons (Fsp3) is 0. The summed E-state index contributed by atoms with van der Waals surface area (Å²) < 4.78 is 0. The van der Waals surface area contributed by atoms with Crippen molar-refractivity contribution in [1.29, 1.82) is 0 Å². The summed E-state index contributed by atoms with van der Waals surface area (Å²) in [5.74, 6) is 0. The normalized spacial score (nSPS) is 0. The van der Waals surface area contributed by atoms with E-state index in [4.69, 9.17) is 0 Å². The third-order valence-electron chi connectivity index (χ3n) is 0. The Labute approximate surface area is 128 Å². The molecule has 0 spiro atoms. The van der Waals surface area contributed by atoms with Gasteiger partial charge < -0.3 is 11.9 Å². The summed E-state index contributed by atoms with van der Waals surface area (Å²) in [4.78, 5) is 0. The van der Waals surface area contributed by atoms with Crippen LogP contribution in [-0.2, 0) is 34.1 Å². The van der Waals surface area contributed by atoms with E-state index in [1.165, 1.54) is 0 Å². The maximum absolute atomic E-state index is 0. The fourth-order valence-corrected chi connectivity index (χ4v) is 0. The van der Waals surface area contributed by atoms with E-state index < -0.39 is 0 Å². The smallest absolute Gasteiger partial charge is 1.00 e. The summed E-state index contributed by atoms with van der Waals surface area (Å²) in [5.41, 5.74) is 0. The van der Waals surface area contributed by atoms with Crippen LogP contribution in [0, 0.1) is 0 Å². The summed E-state index contributed by atoms with van der Waals surface area (Å²) in [6.07, 6.45) is 0. The van der Waals surface area contributed by atoms with Crippen molar-refractivity contribution in [2.45, 2.75) is 0 Å². The zero-order chi connectivity index (χ0) is 0. The average molecular weight is 264 g/mol. The van der Waals surface area contributed by atoms with Crippen molar-refractivity contribution >= 4 is 84.2 Å². The van der Waals surface area contributed by atoms with E-state index in [1.54, 1.807) is 0 Å². The van der Waals surface area contributed by atoms with E-state index in [0.29, 0.717) is 0 Å². The maximum Gasteiger partial charge on any atom is 2.00 e. The minimum atomic E-state index is 0. The van der Waals surface area contributed by atoms with Crippen molar-refractivity contribution < 1.29 is 39.8 Å². The summed E-state index contributed by atoms with van der Waals surface area (Å²) in [5, 5.41) is 0. The molecule has 1 atom stereocenters. The van der Waals surface area contributed by atoms with Gasteiger partial charge in [0.1, 0.15) is 0 Å². The minimum absolute atomic E-state index is 0. The van der Waals surface area contributed by atoms with E-state index in [0.717, 1.165) is 0 Å². The van der Waals surface area contributed by atoms with Crippen molar-refractivity contribution in [3.05, 3.63) is 0 Å². The second-order valence-electron chi connectivity index (χ2n) is 0. The number of rotatable bonds is 0. The summed E-state index contributed by atoms with van der Waals surface area (Å²) in [7, 11) is 0. The molecule has 1 nitrogen and oxygen atoms in total.